The summed E-state index contributed by atoms with van der Waals surface area (Å²) in [5.41, 5.74) is 4.05. The van der Waals surface area contributed by atoms with Crippen LogP contribution in [0.4, 0.5) is 0 Å². The third-order valence-corrected chi connectivity index (χ3v) is 4.13. The number of nitrogens with zero attached hydrogens (tertiary/aromatic N) is 3. The summed E-state index contributed by atoms with van der Waals surface area (Å²) in [4.78, 5) is 12.3. The van der Waals surface area contributed by atoms with Gasteiger partial charge in [-0.3, -0.25) is 14.6 Å². The fourth-order valence-corrected chi connectivity index (χ4v) is 2.62. The zero-order valence-corrected chi connectivity index (χ0v) is 14.5. The first kappa shape index (κ1) is 16.8. The summed E-state index contributed by atoms with van der Waals surface area (Å²) in [5, 5.41) is 14.2. The summed E-state index contributed by atoms with van der Waals surface area (Å²) in [7, 11) is 1.62. The van der Waals surface area contributed by atoms with Gasteiger partial charge >= 0.3 is 0 Å². The third kappa shape index (κ3) is 3.55. The number of methoxy groups -OCH3 is 1. The van der Waals surface area contributed by atoms with E-state index in [4.69, 9.17) is 4.74 Å². The zero-order valence-electron chi connectivity index (χ0n) is 14.5. The molecule has 3 aromatic rings. The van der Waals surface area contributed by atoms with Crippen LogP contribution >= 0.6 is 0 Å². The molecule has 3 rings (SSSR count). The van der Waals surface area contributed by atoms with Crippen molar-refractivity contribution in [2.75, 3.05) is 7.11 Å². The maximum Gasteiger partial charge on any atom is 0.269 e. The molecule has 2 aromatic heterocycles. The van der Waals surface area contributed by atoms with Crippen molar-refractivity contribution in [1.29, 1.82) is 0 Å². The molecule has 0 saturated heterocycles. The van der Waals surface area contributed by atoms with E-state index < -0.39 is 0 Å². The number of hydrogen-bond donors (Lipinski definition) is 2. The van der Waals surface area contributed by atoms with Crippen LogP contribution in [0.2, 0.25) is 0 Å². The third-order valence-electron chi connectivity index (χ3n) is 4.13. The number of amides is 1. The lowest BCUT2D eigenvalue weighted by molar-refractivity contribution is 0.0946. The van der Waals surface area contributed by atoms with Crippen molar-refractivity contribution in [2.45, 2.75) is 26.9 Å². The van der Waals surface area contributed by atoms with Crippen molar-refractivity contribution in [1.82, 2.24) is 25.3 Å². The molecule has 0 saturated carbocycles. The molecule has 1 amide bonds. The van der Waals surface area contributed by atoms with Crippen LogP contribution in [0.3, 0.4) is 0 Å². The summed E-state index contributed by atoms with van der Waals surface area (Å²) in [6, 6.07) is 9.27. The second-order valence-electron chi connectivity index (χ2n) is 5.65. The van der Waals surface area contributed by atoms with Crippen molar-refractivity contribution in [3.05, 3.63) is 53.5 Å². The molecule has 1 aromatic carbocycles. The van der Waals surface area contributed by atoms with Crippen LogP contribution in [0.15, 0.2) is 36.5 Å². The number of ether oxygens (including phenoxy) is 1. The van der Waals surface area contributed by atoms with E-state index in [1.54, 1.807) is 19.4 Å². The molecule has 25 heavy (non-hydrogen) atoms. The van der Waals surface area contributed by atoms with Crippen LogP contribution in [0.5, 0.6) is 5.75 Å². The Morgan fingerprint density at radius 2 is 2.20 bits per heavy atom. The van der Waals surface area contributed by atoms with Crippen LogP contribution in [0, 0.1) is 6.92 Å². The van der Waals surface area contributed by atoms with Gasteiger partial charge in [0.05, 0.1) is 19.0 Å². The number of H-pyrrole nitrogens is 1. The van der Waals surface area contributed by atoms with Crippen molar-refractivity contribution in [3.63, 3.8) is 0 Å². The second-order valence-corrected chi connectivity index (χ2v) is 5.65. The van der Waals surface area contributed by atoms with Gasteiger partial charge in [0.25, 0.3) is 5.91 Å². The molecule has 0 fully saturated rings. The largest absolute Gasteiger partial charge is 0.497 e. The van der Waals surface area contributed by atoms with Gasteiger partial charge in [-0.2, -0.15) is 10.2 Å². The SMILES string of the molecule is CCn1ncc(CNC(=O)c2cc(-c3cccc(OC)c3)n[nH]2)c1C. The quantitative estimate of drug-likeness (QED) is 0.723. The Morgan fingerprint density at radius 3 is 2.92 bits per heavy atom. The predicted octanol–water partition coefficient (Wildman–Crippen LogP) is 2.54. The first-order chi connectivity index (χ1) is 12.1. The molecule has 0 radical (unpaired) electrons. The highest BCUT2D eigenvalue weighted by atomic mass is 16.5. The minimum Gasteiger partial charge on any atom is -0.497 e. The lowest BCUT2D eigenvalue weighted by Gasteiger charge is -2.04. The Labute approximate surface area is 146 Å². The Hall–Kier alpha value is -3.09. The standard InChI is InChI=1S/C18H21N5O2/c1-4-23-12(2)14(11-20-23)10-19-18(24)17-9-16(21-22-17)13-6-5-7-15(8-13)25-3/h5-9,11H,4,10H2,1-3H3,(H,19,24)(H,21,22). The topological polar surface area (TPSA) is 84.8 Å². The van der Waals surface area contributed by atoms with E-state index >= 15 is 0 Å². The Bertz CT molecular complexity index is 881. The van der Waals surface area contributed by atoms with E-state index in [0.29, 0.717) is 17.9 Å². The molecule has 0 aliphatic heterocycles. The van der Waals surface area contributed by atoms with E-state index in [0.717, 1.165) is 29.1 Å². The molecule has 2 N–H and O–H groups in total. The molecule has 0 aliphatic rings. The van der Waals surface area contributed by atoms with E-state index in [-0.39, 0.29) is 5.91 Å². The number of benzene rings is 1. The zero-order chi connectivity index (χ0) is 17.8. The fraction of sp³-hybridized carbons (Fsp3) is 0.278. The Kier molecular flexibility index (Phi) is 4.83. The first-order valence-electron chi connectivity index (χ1n) is 8.11. The molecule has 0 unspecified atom stereocenters. The number of hydrogen-bond acceptors (Lipinski definition) is 4. The maximum absolute atomic E-state index is 12.3. The number of rotatable bonds is 6. The molecule has 0 aliphatic carbocycles. The van der Waals surface area contributed by atoms with Crippen LogP contribution in [0.1, 0.15) is 28.7 Å². The summed E-state index contributed by atoms with van der Waals surface area (Å²) >= 11 is 0. The number of aryl methyl sites for hydroxylation is 1. The van der Waals surface area contributed by atoms with Gasteiger partial charge < -0.3 is 10.1 Å². The van der Waals surface area contributed by atoms with Gasteiger partial charge in [0.1, 0.15) is 11.4 Å². The Balaban J connectivity index is 1.69. The average Bonchev–Trinajstić information content (AvgIpc) is 3.27. The van der Waals surface area contributed by atoms with Gasteiger partial charge in [-0.05, 0) is 32.0 Å². The fourth-order valence-electron chi connectivity index (χ4n) is 2.62. The number of nitrogens with one attached hydrogen (secondary N) is 2. The number of carbonyl (C=O) groups excluding carboxylic acids is 1. The highest BCUT2D eigenvalue weighted by molar-refractivity contribution is 5.93. The summed E-state index contributed by atoms with van der Waals surface area (Å²) < 4.78 is 7.12. The molecule has 0 atom stereocenters. The number of carbonyl (C=O) groups is 1. The number of aromatic amines is 1. The lowest BCUT2D eigenvalue weighted by Crippen LogP contribution is -2.23. The highest BCUT2D eigenvalue weighted by Gasteiger charge is 2.13. The molecule has 7 heteroatoms. The van der Waals surface area contributed by atoms with Crippen molar-refractivity contribution in [2.24, 2.45) is 0 Å². The highest BCUT2D eigenvalue weighted by Crippen LogP contribution is 2.22. The molecule has 0 bridgehead atoms. The van der Waals surface area contributed by atoms with Crippen molar-refractivity contribution >= 4 is 5.91 Å². The molecule has 0 spiro atoms. The van der Waals surface area contributed by atoms with E-state index in [9.17, 15) is 4.79 Å². The normalized spacial score (nSPS) is 10.7. The van der Waals surface area contributed by atoms with E-state index in [1.807, 2.05) is 42.8 Å². The molecule has 2 heterocycles. The van der Waals surface area contributed by atoms with Crippen LogP contribution in [0.25, 0.3) is 11.3 Å². The molecular formula is C18H21N5O2. The Morgan fingerprint density at radius 1 is 1.36 bits per heavy atom. The summed E-state index contributed by atoms with van der Waals surface area (Å²) in [5.74, 6) is 0.542. The minimum atomic E-state index is -0.203. The van der Waals surface area contributed by atoms with E-state index in [1.165, 1.54) is 0 Å². The van der Waals surface area contributed by atoms with Gasteiger partial charge in [0, 0.05) is 29.9 Å². The maximum atomic E-state index is 12.3. The lowest BCUT2D eigenvalue weighted by atomic mass is 10.1. The van der Waals surface area contributed by atoms with Crippen molar-refractivity contribution in [3.8, 4) is 17.0 Å². The first-order valence-corrected chi connectivity index (χ1v) is 8.11. The summed E-state index contributed by atoms with van der Waals surface area (Å²) in [6.45, 7) is 5.27. The van der Waals surface area contributed by atoms with Crippen LogP contribution in [-0.2, 0) is 13.1 Å². The smallest absolute Gasteiger partial charge is 0.269 e. The van der Waals surface area contributed by atoms with Crippen LogP contribution in [-0.4, -0.2) is 33.0 Å². The monoisotopic (exact) mass is 339 g/mol. The number of aromatic nitrogens is 4. The summed E-state index contributed by atoms with van der Waals surface area (Å²) in [6.07, 6.45) is 1.79. The minimum absolute atomic E-state index is 0.203. The van der Waals surface area contributed by atoms with Gasteiger partial charge in [-0.25, -0.2) is 0 Å². The van der Waals surface area contributed by atoms with Crippen molar-refractivity contribution < 1.29 is 9.53 Å². The van der Waals surface area contributed by atoms with Gasteiger partial charge in [0.2, 0.25) is 0 Å². The molecule has 130 valence electrons. The van der Waals surface area contributed by atoms with Gasteiger partial charge in [-0.1, -0.05) is 12.1 Å². The molecule has 7 nitrogen and oxygen atoms in total. The average molecular weight is 339 g/mol. The van der Waals surface area contributed by atoms with E-state index in [2.05, 4.69) is 20.6 Å². The predicted molar refractivity (Wildman–Crippen MR) is 94.4 cm³/mol. The second kappa shape index (κ2) is 7.21. The van der Waals surface area contributed by atoms with Crippen LogP contribution < -0.4 is 10.1 Å². The molecular weight excluding hydrogens is 318 g/mol. The van der Waals surface area contributed by atoms with Gasteiger partial charge in [0.15, 0.2) is 0 Å². The van der Waals surface area contributed by atoms with Gasteiger partial charge in [-0.15, -0.1) is 0 Å².